The van der Waals surface area contributed by atoms with Crippen molar-refractivity contribution >= 4 is 40.5 Å². The summed E-state index contributed by atoms with van der Waals surface area (Å²) in [5.74, 6) is 1.55. The van der Waals surface area contributed by atoms with Gasteiger partial charge in [0.1, 0.15) is 17.6 Å². The van der Waals surface area contributed by atoms with Crippen LogP contribution in [0, 0.1) is 0 Å². The average Bonchev–Trinajstić information content (AvgIpc) is 3.45. The molecule has 2 aliphatic rings. The highest BCUT2D eigenvalue weighted by Gasteiger charge is 2.41. The largest absolute Gasteiger partial charge is 0.459 e. The number of nitrogens with zero attached hydrogens (tertiary/aromatic N) is 3. The zero-order valence-electron chi connectivity index (χ0n) is 17.9. The lowest BCUT2D eigenvalue weighted by molar-refractivity contribution is 0.0347. The number of ether oxygens (including phenoxy) is 1. The molecule has 9 heteroatoms. The molecule has 2 atom stereocenters. The van der Waals surface area contributed by atoms with Gasteiger partial charge in [-0.2, -0.15) is 0 Å². The Morgan fingerprint density at radius 3 is 2.64 bits per heavy atom. The van der Waals surface area contributed by atoms with E-state index in [4.69, 9.17) is 44.6 Å². The maximum atomic E-state index is 6.37. The van der Waals surface area contributed by atoms with Crippen molar-refractivity contribution in [2.45, 2.75) is 12.1 Å². The third kappa shape index (κ3) is 4.88. The number of hydrogen-bond acceptors (Lipinski definition) is 5. The van der Waals surface area contributed by atoms with Crippen molar-refractivity contribution in [3.05, 3.63) is 76.2 Å². The monoisotopic (exact) mass is 502 g/mol. The molecule has 4 heterocycles. The van der Waals surface area contributed by atoms with Crippen LogP contribution in [0.3, 0.4) is 0 Å². The zero-order chi connectivity index (χ0) is 22.8. The molecule has 0 aliphatic carbocycles. The summed E-state index contributed by atoms with van der Waals surface area (Å²) in [4.78, 5) is 9.21. The lowest BCUT2D eigenvalue weighted by atomic mass is 10.0. The van der Waals surface area contributed by atoms with Crippen LogP contribution in [0.1, 0.15) is 23.5 Å². The maximum Gasteiger partial charge on any atom is 0.170 e. The Kier molecular flexibility index (Phi) is 6.85. The minimum atomic E-state index is -0.120. The van der Waals surface area contributed by atoms with Crippen LogP contribution in [-0.2, 0) is 4.74 Å². The lowest BCUT2D eigenvalue weighted by Crippen LogP contribution is -2.42. The Labute approximate surface area is 208 Å². The van der Waals surface area contributed by atoms with Crippen molar-refractivity contribution in [2.75, 3.05) is 39.4 Å². The number of morpholine rings is 1. The Morgan fingerprint density at radius 1 is 1.03 bits per heavy atom. The summed E-state index contributed by atoms with van der Waals surface area (Å²) in [6.45, 7) is 5.09. The normalized spacial score (nSPS) is 21.4. The number of aromatic nitrogens is 1. The van der Waals surface area contributed by atoms with Gasteiger partial charge in [0.05, 0.1) is 35.0 Å². The van der Waals surface area contributed by atoms with Crippen molar-refractivity contribution in [3.63, 3.8) is 0 Å². The number of hydrogen-bond donors (Lipinski definition) is 1. The molecular formula is C24H24Cl2N4O2S. The van der Waals surface area contributed by atoms with Gasteiger partial charge >= 0.3 is 0 Å². The third-order valence-electron chi connectivity index (χ3n) is 6.08. The molecular weight excluding hydrogens is 479 g/mol. The van der Waals surface area contributed by atoms with Crippen molar-refractivity contribution < 1.29 is 9.15 Å². The second kappa shape index (κ2) is 9.99. The maximum absolute atomic E-state index is 6.37. The van der Waals surface area contributed by atoms with Crippen LogP contribution in [0.15, 0.2) is 59.1 Å². The standard InChI is InChI=1S/C24H24Cl2N4O2S/c25-17-5-4-16(15-18(17)26)20-6-7-21(32-20)23-22(19-3-1-2-8-27-19)28-24(33)30(23)10-9-29-11-13-31-14-12-29/h1-8,15,22-23H,9-14H2,(H,28,33)/t22-,23-/m1/s1. The fraction of sp³-hybridized carbons (Fsp3) is 0.333. The predicted molar refractivity (Wildman–Crippen MR) is 134 cm³/mol. The Morgan fingerprint density at radius 2 is 1.88 bits per heavy atom. The number of thiocarbonyl (C=S) groups is 1. The van der Waals surface area contributed by atoms with E-state index < -0.39 is 0 Å². The van der Waals surface area contributed by atoms with E-state index >= 15 is 0 Å². The lowest BCUT2D eigenvalue weighted by Gasteiger charge is -2.31. The summed E-state index contributed by atoms with van der Waals surface area (Å²) in [7, 11) is 0. The zero-order valence-corrected chi connectivity index (χ0v) is 20.2. The number of rotatable bonds is 6. The summed E-state index contributed by atoms with van der Waals surface area (Å²) >= 11 is 18.1. The molecule has 0 spiro atoms. The molecule has 0 bridgehead atoms. The molecule has 2 aliphatic heterocycles. The molecule has 33 heavy (non-hydrogen) atoms. The van der Waals surface area contributed by atoms with E-state index in [1.54, 1.807) is 12.3 Å². The van der Waals surface area contributed by atoms with Crippen LogP contribution in [0.5, 0.6) is 0 Å². The van der Waals surface area contributed by atoms with Crippen molar-refractivity contribution in [3.8, 4) is 11.3 Å². The highest BCUT2D eigenvalue weighted by Crippen LogP contribution is 2.40. The van der Waals surface area contributed by atoms with E-state index in [1.807, 2.05) is 42.5 Å². The van der Waals surface area contributed by atoms with E-state index in [1.165, 1.54) is 0 Å². The fourth-order valence-corrected chi connectivity index (χ4v) is 4.98. The van der Waals surface area contributed by atoms with Gasteiger partial charge in [-0.3, -0.25) is 9.88 Å². The van der Waals surface area contributed by atoms with Gasteiger partial charge in [-0.25, -0.2) is 0 Å². The molecule has 0 saturated carbocycles. The molecule has 0 amide bonds. The highest BCUT2D eigenvalue weighted by molar-refractivity contribution is 7.80. The molecule has 1 aromatic carbocycles. The first-order valence-corrected chi connectivity index (χ1v) is 12.1. The van der Waals surface area contributed by atoms with Gasteiger partial charge < -0.3 is 19.4 Å². The number of halogens is 2. The van der Waals surface area contributed by atoms with Crippen LogP contribution in [0.4, 0.5) is 0 Å². The van der Waals surface area contributed by atoms with Gasteiger partial charge in [0, 0.05) is 37.9 Å². The second-order valence-corrected chi connectivity index (χ2v) is 9.31. The molecule has 2 fully saturated rings. The summed E-state index contributed by atoms with van der Waals surface area (Å²) in [6, 6.07) is 15.2. The SMILES string of the molecule is S=C1N[C@H](c2ccccn2)[C@@H](c2ccc(-c3ccc(Cl)c(Cl)c3)o2)N1CCN1CCOCC1. The Balaban J connectivity index is 1.45. The molecule has 172 valence electrons. The summed E-state index contributed by atoms with van der Waals surface area (Å²) in [6.07, 6.45) is 1.80. The average molecular weight is 503 g/mol. The van der Waals surface area contributed by atoms with Crippen LogP contribution in [0.2, 0.25) is 10.0 Å². The minimum absolute atomic E-state index is 0.115. The van der Waals surface area contributed by atoms with Crippen molar-refractivity contribution in [1.29, 1.82) is 0 Å². The van der Waals surface area contributed by atoms with E-state index in [2.05, 4.69) is 20.1 Å². The molecule has 0 radical (unpaired) electrons. The first-order chi connectivity index (χ1) is 16.1. The molecule has 5 rings (SSSR count). The van der Waals surface area contributed by atoms with Gasteiger partial charge in [0.2, 0.25) is 0 Å². The number of benzene rings is 1. The summed E-state index contributed by atoms with van der Waals surface area (Å²) in [5.41, 5.74) is 1.80. The topological polar surface area (TPSA) is 53.8 Å². The van der Waals surface area contributed by atoms with Crippen LogP contribution in [-0.4, -0.2) is 59.3 Å². The molecule has 1 N–H and O–H groups in total. The predicted octanol–water partition coefficient (Wildman–Crippen LogP) is 4.95. The number of pyridine rings is 1. The van der Waals surface area contributed by atoms with E-state index in [-0.39, 0.29) is 12.1 Å². The first-order valence-electron chi connectivity index (χ1n) is 10.9. The number of nitrogens with one attached hydrogen (secondary N) is 1. The Bertz CT molecular complexity index is 1120. The molecule has 2 aromatic heterocycles. The third-order valence-corrected chi connectivity index (χ3v) is 7.17. The Hall–Kier alpha value is -2.16. The molecule has 0 unspecified atom stereocenters. The van der Waals surface area contributed by atoms with Gasteiger partial charge in [-0.15, -0.1) is 0 Å². The fourth-order valence-electron chi connectivity index (χ4n) is 4.35. The molecule has 3 aromatic rings. The van der Waals surface area contributed by atoms with Crippen molar-refractivity contribution in [1.82, 2.24) is 20.1 Å². The van der Waals surface area contributed by atoms with E-state index in [0.29, 0.717) is 15.2 Å². The molecule has 6 nitrogen and oxygen atoms in total. The van der Waals surface area contributed by atoms with Gasteiger partial charge in [-0.05, 0) is 54.7 Å². The minimum Gasteiger partial charge on any atom is -0.459 e. The van der Waals surface area contributed by atoms with Gasteiger partial charge in [0.25, 0.3) is 0 Å². The van der Waals surface area contributed by atoms with Crippen LogP contribution in [0.25, 0.3) is 11.3 Å². The highest BCUT2D eigenvalue weighted by atomic mass is 35.5. The van der Waals surface area contributed by atoms with E-state index in [0.717, 1.165) is 62.2 Å². The smallest absolute Gasteiger partial charge is 0.170 e. The van der Waals surface area contributed by atoms with Gasteiger partial charge in [-0.1, -0.05) is 29.3 Å². The second-order valence-electron chi connectivity index (χ2n) is 8.10. The van der Waals surface area contributed by atoms with E-state index in [9.17, 15) is 0 Å². The van der Waals surface area contributed by atoms with Crippen LogP contribution < -0.4 is 5.32 Å². The summed E-state index contributed by atoms with van der Waals surface area (Å²) in [5, 5.41) is 5.19. The summed E-state index contributed by atoms with van der Waals surface area (Å²) < 4.78 is 11.9. The van der Waals surface area contributed by atoms with Crippen molar-refractivity contribution in [2.24, 2.45) is 0 Å². The quantitative estimate of drug-likeness (QED) is 0.478. The van der Waals surface area contributed by atoms with Gasteiger partial charge in [0.15, 0.2) is 5.11 Å². The first kappa shape index (κ1) is 22.6. The molecule has 2 saturated heterocycles. The van der Waals surface area contributed by atoms with Crippen LogP contribution >= 0.6 is 35.4 Å². The number of furan rings is 1.